The van der Waals surface area contributed by atoms with Crippen molar-refractivity contribution in [2.24, 2.45) is 0 Å². The molecule has 0 unspecified atom stereocenters. The summed E-state index contributed by atoms with van der Waals surface area (Å²) in [7, 11) is 0. The van der Waals surface area contributed by atoms with Crippen LogP contribution in [0, 0.1) is 19.7 Å². The lowest BCUT2D eigenvalue weighted by molar-refractivity contribution is 0.620. The van der Waals surface area contributed by atoms with E-state index in [1.54, 1.807) is 25.4 Å². The Morgan fingerprint density at radius 3 is 2.58 bits per heavy atom. The van der Waals surface area contributed by atoms with E-state index < -0.39 is 0 Å². The first-order valence-corrected chi connectivity index (χ1v) is 6.13. The zero-order valence-electron chi connectivity index (χ0n) is 10.8. The molecule has 94 valence electrons. The molecule has 2 nitrogen and oxygen atoms in total. The van der Waals surface area contributed by atoms with Crippen molar-refractivity contribution in [2.75, 3.05) is 0 Å². The van der Waals surface area contributed by atoms with Crippen molar-refractivity contribution in [1.82, 2.24) is 9.97 Å². The van der Waals surface area contributed by atoms with Crippen molar-refractivity contribution in [1.29, 1.82) is 0 Å². The van der Waals surface area contributed by atoms with Gasteiger partial charge in [0.05, 0.1) is 11.2 Å². The maximum absolute atomic E-state index is 13.6. The van der Waals surface area contributed by atoms with Crippen LogP contribution in [-0.4, -0.2) is 9.97 Å². The minimum Gasteiger partial charge on any atom is -0.264 e. The maximum Gasteiger partial charge on any atom is 0.128 e. The Bertz CT molecular complexity index is 766. The van der Waals surface area contributed by atoms with Gasteiger partial charge in [0.25, 0.3) is 0 Å². The summed E-state index contributed by atoms with van der Waals surface area (Å²) in [5.41, 5.74) is 4.14. The molecule has 0 spiro atoms. The molecule has 0 bridgehead atoms. The summed E-state index contributed by atoms with van der Waals surface area (Å²) in [4.78, 5) is 8.73. The summed E-state index contributed by atoms with van der Waals surface area (Å²) in [6, 6.07) is 9.16. The number of aryl methyl sites for hydroxylation is 2. The molecule has 0 radical (unpaired) electrons. The second-order valence-electron chi connectivity index (χ2n) is 4.69. The molecule has 3 aromatic rings. The smallest absolute Gasteiger partial charge is 0.128 e. The van der Waals surface area contributed by atoms with E-state index in [9.17, 15) is 4.39 Å². The SMILES string of the molecule is Cc1cncc(-c2ccc3ccc(F)c(C)c3n2)c1. The van der Waals surface area contributed by atoms with E-state index in [0.29, 0.717) is 11.1 Å². The summed E-state index contributed by atoms with van der Waals surface area (Å²) in [6.07, 6.45) is 3.57. The van der Waals surface area contributed by atoms with E-state index in [1.807, 2.05) is 25.1 Å². The molecule has 3 heteroatoms. The van der Waals surface area contributed by atoms with Crippen LogP contribution >= 0.6 is 0 Å². The highest BCUT2D eigenvalue weighted by molar-refractivity contribution is 5.84. The fraction of sp³-hybridized carbons (Fsp3) is 0.125. The van der Waals surface area contributed by atoms with Gasteiger partial charge >= 0.3 is 0 Å². The Labute approximate surface area is 111 Å². The summed E-state index contributed by atoms with van der Waals surface area (Å²) >= 11 is 0. The number of hydrogen-bond donors (Lipinski definition) is 0. The third-order valence-corrected chi connectivity index (χ3v) is 3.22. The van der Waals surface area contributed by atoms with Crippen LogP contribution in [0.4, 0.5) is 4.39 Å². The van der Waals surface area contributed by atoms with Gasteiger partial charge in [0.1, 0.15) is 5.82 Å². The molecule has 3 rings (SSSR count). The van der Waals surface area contributed by atoms with Gasteiger partial charge in [0.15, 0.2) is 0 Å². The normalized spacial score (nSPS) is 10.9. The fourth-order valence-electron chi connectivity index (χ4n) is 2.16. The van der Waals surface area contributed by atoms with Crippen LogP contribution in [0.2, 0.25) is 0 Å². The predicted molar refractivity (Wildman–Crippen MR) is 74.4 cm³/mol. The Morgan fingerprint density at radius 1 is 1.00 bits per heavy atom. The molecular weight excluding hydrogens is 239 g/mol. The van der Waals surface area contributed by atoms with Gasteiger partial charge in [-0.3, -0.25) is 4.98 Å². The second kappa shape index (κ2) is 4.43. The molecule has 0 saturated heterocycles. The zero-order chi connectivity index (χ0) is 13.4. The van der Waals surface area contributed by atoms with Crippen LogP contribution in [0.15, 0.2) is 42.7 Å². The summed E-state index contributed by atoms with van der Waals surface area (Å²) < 4.78 is 13.6. The molecule has 0 aliphatic rings. The highest BCUT2D eigenvalue weighted by Crippen LogP contribution is 2.24. The van der Waals surface area contributed by atoms with Gasteiger partial charge in [0, 0.05) is 28.9 Å². The lowest BCUT2D eigenvalue weighted by atomic mass is 10.1. The fourth-order valence-corrected chi connectivity index (χ4v) is 2.16. The first-order valence-electron chi connectivity index (χ1n) is 6.13. The van der Waals surface area contributed by atoms with E-state index >= 15 is 0 Å². The van der Waals surface area contributed by atoms with Crippen molar-refractivity contribution < 1.29 is 4.39 Å². The first kappa shape index (κ1) is 11.8. The van der Waals surface area contributed by atoms with E-state index in [2.05, 4.69) is 9.97 Å². The van der Waals surface area contributed by atoms with E-state index in [4.69, 9.17) is 0 Å². The van der Waals surface area contributed by atoms with Gasteiger partial charge in [-0.15, -0.1) is 0 Å². The van der Waals surface area contributed by atoms with Crippen LogP contribution in [0.3, 0.4) is 0 Å². The maximum atomic E-state index is 13.6. The molecule has 0 aliphatic carbocycles. The largest absolute Gasteiger partial charge is 0.264 e. The molecule has 2 aromatic heterocycles. The number of rotatable bonds is 1. The summed E-state index contributed by atoms with van der Waals surface area (Å²) in [5.74, 6) is -0.223. The molecule has 2 heterocycles. The number of hydrogen-bond acceptors (Lipinski definition) is 2. The Hall–Kier alpha value is -2.29. The van der Waals surface area contributed by atoms with Crippen LogP contribution < -0.4 is 0 Å². The molecule has 0 saturated carbocycles. The zero-order valence-corrected chi connectivity index (χ0v) is 10.8. The highest BCUT2D eigenvalue weighted by atomic mass is 19.1. The third kappa shape index (κ3) is 2.08. The number of nitrogens with zero attached hydrogens (tertiary/aromatic N) is 2. The number of benzene rings is 1. The van der Waals surface area contributed by atoms with Crippen LogP contribution in [-0.2, 0) is 0 Å². The monoisotopic (exact) mass is 252 g/mol. The molecule has 0 atom stereocenters. The highest BCUT2D eigenvalue weighted by Gasteiger charge is 2.07. The first-order chi connectivity index (χ1) is 9.15. The molecule has 19 heavy (non-hydrogen) atoms. The molecule has 0 aliphatic heterocycles. The van der Waals surface area contributed by atoms with Gasteiger partial charge in [-0.05, 0) is 43.7 Å². The van der Waals surface area contributed by atoms with Gasteiger partial charge in [-0.2, -0.15) is 0 Å². The Kier molecular flexibility index (Phi) is 2.75. The summed E-state index contributed by atoms with van der Waals surface area (Å²) in [6.45, 7) is 3.74. The lowest BCUT2D eigenvalue weighted by Crippen LogP contribution is -1.91. The Balaban J connectivity index is 2.24. The van der Waals surface area contributed by atoms with Crippen molar-refractivity contribution in [3.63, 3.8) is 0 Å². The quantitative estimate of drug-likeness (QED) is 0.653. The minimum atomic E-state index is -0.223. The molecular formula is C16H13FN2. The topological polar surface area (TPSA) is 25.8 Å². The van der Waals surface area contributed by atoms with Crippen LogP contribution in [0.5, 0.6) is 0 Å². The van der Waals surface area contributed by atoms with Crippen molar-refractivity contribution in [3.05, 3.63) is 59.7 Å². The van der Waals surface area contributed by atoms with Gasteiger partial charge in [-0.1, -0.05) is 6.07 Å². The molecule has 0 amide bonds. The molecule has 0 fully saturated rings. The average Bonchev–Trinajstić information content (AvgIpc) is 2.43. The number of pyridine rings is 2. The van der Waals surface area contributed by atoms with Crippen molar-refractivity contribution >= 4 is 10.9 Å². The van der Waals surface area contributed by atoms with Gasteiger partial charge < -0.3 is 0 Å². The van der Waals surface area contributed by atoms with E-state index in [1.165, 1.54) is 6.07 Å². The standard InChI is InChI=1S/C16H13FN2/c1-10-7-13(9-18-8-10)15-6-4-12-3-5-14(17)11(2)16(12)19-15/h3-9H,1-2H3. The molecule has 1 aromatic carbocycles. The lowest BCUT2D eigenvalue weighted by Gasteiger charge is -2.06. The predicted octanol–water partition coefficient (Wildman–Crippen LogP) is 4.05. The van der Waals surface area contributed by atoms with E-state index in [0.717, 1.165) is 22.2 Å². The van der Waals surface area contributed by atoms with Crippen LogP contribution in [0.25, 0.3) is 22.2 Å². The van der Waals surface area contributed by atoms with Gasteiger partial charge in [-0.25, -0.2) is 9.37 Å². The summed E-state index contributed by atoms with van der Waals surface area (Å²) in [5, 5.41) is 0.947. The second-order valence-corrected chi connectivity index (χ2v) is 4.69. The van der Waals surface area contributed by atoms with E-state index in [-0.39, 0.29) is 5.82 Å². The number of aromatic nitrogens is 2. The third-order valence-electron chi connectivity index (χ3n) is 3.22. The number of halogens is 1. The molecule has 0 N–H and O–H groups in total. The van der Waals surface area contributed by atoms with Crippen LogP contribution in [0.1, 0.15) is 11.1 Å². The Morgan fingerprint density at radius 2 is 1.79 bits per heavy atom. The van der Waals surface area contributed by atoms with Crippen molar-refractivity contribution in [2.45, 2.75) is 13.8 Å². The number of fused-ring (bicyclic) bond motifs is 1. The minimum absolute atomic E-state index is 0.223. The van der Waals surface area contributed by atoms with Crippen molar-refractivity contribution in [3.8, 4) is 11.3 Å². The average molecular weight is 252 g/mol. The van der Waals surface area contributed by atoms with Gasteiger partial charge in [0.2, 0.25) is 0 Å².